The van der Waals surface area contributed by atoms with Crippen molar-refractivity contribution in [3.05, 3.63) is 16.8 Å². The van der Waals surface area contributed by atoms with Crippen molar-refractivity contribution in [2.45, 2.75) is 20.3 Å². The third-order valence-electron chi connectivity index (χ3n) is 2.18. The first-order valence-corrected chi connectivity index (χ1v) is 6.30. The molecular weight excluding hydrogens is 252 g/mol. The van der Waals surface area contributed by atoms with E-state index in [1.807, 2.05) is 0 Å². The normalized spacial score (nSPS) is 10.8. The Labute approximate surface area is 108 Å². The Morgan fingerprint density at radius 1 is 1.56 bits per heavy atom. The van der Waals surface area contributed by atoms with Gasteiger partial charge in [-0.2, -0.15) is 5.10 Å². The Hall–Kier alpha value is -1.96. The summed E-state index contributed by atoms with van der Waals surface area (Å²) in [6.07, 6.45) is 2.22. The molecule has 1 amide bonds. The molecule has 7 nitrogen and oxygen atoms in total. The van der Waals surface area contributed by atoms with Crippen LogP contribution in [0.15, 0.2) is 6.20 Å². The van der Waals surface area contributed by atoms with Gasteiger partial charge in [-0.25, -0.2) is 0 Å². The number of carbonyl (C=O) groups excluding carboxylic acids is 1. The molecule has 18 heavy (non-hydrogen) atoms. The zero-order valence-electron chi connectivity index (χ0n) is 10.1. The number of amides is 1. The fourth-order valence-electron chi connectivity index (χ4n) is 1.38. The van der Waals surface area contributed by atoms with Crippen LogP contribution < -0.4 is 11.1 Å². The number of carbonyl (C=O) groups is 1. The lowest BCUT2D eigenvalue weighted by atomic mass is 10.1. The van der Waals surface area contributed by atoms with Crippen LogP contribution in [0, 0.1) is 5.92 Å². The molecule has 0 saturated carbocycles. The molecule has 0 aliphatic carbocycles. The summed E-state index contributed by atoms with van der Waals surface area (Å²) in [7, 11) is 0. The number of hydrogen-bond donors (Lipinski definition) is 3. The van der Waals surface area contributed by atoms with E-state index in [0.717, 1.165) is 11.4 Å². The van der Waals surface area contributed by atoms with Crippen LogP contribution in [0.25, 0.3) is 0 Å². The fraction of sp³-hybridized carbons (Fsp3) is 0.400. The Bertz CT molecular complexity index is 546. The molecular formula is C10H14N6OS. The van der Waals surface area contributed by atoms with E-state index in [2.05, 4.69) is 39.6 Å². The number of nitrogens with zero attached hydrogens (tertiary/aromatic N) is 3. The van der Waals surface area contributed by atoms with Gasteiger partial charge in [-0.1, -0.05) is 25.2 Å². The molecule has 0 unspecified atom stereocenters. The maximum Gasteiger partial charge on any atom is 0.262 e. The minimum absolute atomic E-state index is 0.236. The Morgan fingerprint density at radius 3 is 2.94 bits per heavy atom. The predicted octanol–water partition coefficient (Wildman–Crippen LogP) is 1.29. The maximum atomic E-state index is 11.8. The van der Waals surface area contributed by atoms with E-state index in [0.29, 0.717) is 16.6 Å². The van der Waals surface area contributed by atoms with Crippen molar-refractivity contribution >= 4 is 28.2 Å². The number of nitrogens with one attached hydrogen (secondary N) is 2. The minimum Gasteiger partial charge on any atom is -0.383 e. The summed E-state index contributed by atoms with van der Waals surface area (Å²) in [6.45, 7) is 4.21. The smallest absolute Gasteiger partial charge is 0.262 e. The molecule has 4 N–H and O–H groups in total. The number of aromatic amines is 1. The molecule has 8 heteroatoms. The molecule has 2 aromatic heterocycles. The number of nitrogens with two attached hydrogens (primary N) is 1. The standard InChI is InChI=1S/C10H14N6OS/c1-5(2)3-7-14-16-10(18-7)13-9(17)6-4-12-15-8(6)11/h4-5H,3H2,1-2H3,(H3,11,12,15)(H,13,16,17). The van der Waals surface area contributed by atoms with Crippen LogP contribution in [-0.4, -0.2) is 26.3 Å². The van der Waals surface area contributed by atoms with Gasteiger partial charge in [0.2, 0.25) is 5.13 Å². The van der Waals surface area contributed by atoms with Gasteiger partial charge < -0.3 is 5.73 Å². The van der Waals surface area contributed by atoms with Gasteiger partial charge in [0.15, 0.2) is 0 Å². The summed E-state index contributed by atoms with van der Waals surface area (Å²) in [4.78, 5) is 11.8. The SMILES string of the molecule is CC(C)Cc1nnc(NC(=O)c2cn[nH]c2N)s1. The molecule has 0 fully saturated rings. The molecule has 2 aromatic rings. The molecule has 0 atom stereocenters. The van der Waals surface area contributed by atoms with Crippen molar-refractivity contribution in [1.29, 1.82) is 0 Å². The van der Waals surface area contributed by atoms with Crippen LogP contribution in [0.2, 0.25) is 0 Å². The summed E-state index contributed by atoms with van der Waals surface area (Å²) in [5.74, 6) is 0.402. The van der Waals surface area contributed by atoms with Crippen LogP contribution in [0.1, 0.15) is 29.2 Å². The average Bonchev–Trinajstić information content (AvgIpc) is 2.87. The van der Waals surface area contributed by atoms with Crippen molar-refractivity contribution in [1.82, 2.24) is 20.4 Å². The highest BCUT2D eigenvalue weighted by Crippen LogP contribution is 2.19. The highest BCUT2D eigenvalue weighted by molar-refractivity contribution is 7.15. The molecule has 96 valence electrons. The summed E-state index contributed by atoms with van der Waals surface area (Å²) in [5, 5.41) is 18.1. The molecule has 0 bridgehead atoms. The van der Waals surface area contributed by atoms with Crippen LogP contribution in [0.3, 0.4) is 0 Å². The molecule has 0 aliphatic rings. The molecule has 0 spiro atoms. The van der Waals surface area contributed by atoms with Crippen LogP contribution in [0.5, 0.6) is 0 Å². The van der Waals surface area contributed by atoms with Crippen molar-refractivity contribution in [3.63, 3.8) is 0 Å². The van der Waals surface area contributed by atoms with Gasteiger partial charge in [0.25, 0.3) is 5.91 Å². The quantitative estimate of drug-likeness (QED) is 0.772. The average molecular weight is 266 g/mol. The first-order valence-electron chi connectivity index (χ1n) is 5.49. The lowest BCUT2D eigenvalue weighted by molar-refractivity contribution is 0.102. The van der Waals surface area contributed by atoms with E-state index >= 15 is 0 Å². The van der Waals surface area contributed by atoms with Gasteiger partial charge in [0.1, 0.15) is 16.4 Å². The lowest BCUT2D eigenvalue weighted by Gasteiger charge is -1.99. The van der Waals surface area contributed by atoms with Crippen molar-refractivity contribution in [2.75, 3.05) is 11.1 Å². The summed E-state index contributed by atoms with van der Waals surface area (Å²) < 4.78 is 0. The van der Waals surface area contributed by atoms with Gasteiger partial charge in [-0.05, 0) is 5.92 Å². The van der Waals surface area contributed by atoms with Crippen LogP contribution in [0.4, 0.5) is 10.9 Å². The van der Waals surface area contributed by atoms with E-state index in [9.17, 15) is 4.79 Å². The second-order valence-electron chi connectivity index (χ2n) is 4.25. The van der Waals surface area contributed by atoms with E-state index in [4.69, 9.17) is 5.73 Å². The monoisotopic (exact) mass is 266 g/mol. The van der Waals surface area contributed by atoms with Crippen LogP contribution in [-0.2, 0) is 6.42 Å². The lowest BCUT2D eigenvalue weighted by Crippen LogP contribution is -2.12. The van der Waals surface area contributed by atoms with Gasteiger partial charge in [0, 0.05) is 6.42 Å². The van der Waals surface area contributed by atoms with Crippen molar-refractivity contribution in [3.8, 4) is 0 Å². The highest BCUT2D eigenvalue weighted by Gasteiger charge is 2.14. The second-order valence-corrected chi connectivity index (χ2v) is 5.31. The topological polar surface area (TPSA) is 110 Å². The predicted molar refractivity (Wildman–Crippen MR) is 69.4 cm³/mol. The number of hydrogen-bond acceptors (Lipinski definition) is 6. The second kappa shape index (κ2) is 5.13. The molecule has 0 saturated heterocycles. The largest absolute Gasteiger partial charge is 0.383 e. The molecule has 0 aromatic carbocycles. The third-order valence-corrected chi connectivity index (χ3v) is 3.04. The zero-order valence-corrected chi connectivity index (χ0v) is 10.9. The molecule has 2 heterocycles. The van der Waals surface area contributed by atoms with E-state index < -0.39 is 0 Å². The summed E-state index contributed by atoms with van der Waals surface area (Å²) in [6, 6.07) is 0. The Kier molecular flexibility index (Phi) is 3.56. The zero-order chi connectivity index (χ0) is 13.1. The first kappa shape index (κ1) is 12.5. The van der Waals surface area contributed by atoms with E-state index in [1.54, 1.807) is 0 Å². The molecule has 2 rings (SSSR count). The number of nitrogen functional groups attached to an aromatic ring is 1. The first-order chi connectivity index (χ1) is 8.56. The van der Waals surface area contributed by atoms with Gasteiger partial charge in [0.05, 0.1) is 6.20 Å². The summed E-state index contributed by atoms with van der Waals surface area (Å²) >= 11 is 1.37. The molecule has 0 radical (unpaired) electrons. The van der Waals surface area contributed by atoms with Gasteiger partial charge in [-0.3, -0.25) is 15.2 Å². The molecule has 0 aliphatic heterocycles. The summed E-state index contributed by atoms with van der Waals surface area (Å²) in [5.41, 5.74) is 5.86. The van der Waals surface area contributed by atoms with Gasteiger partial charge in [-0.15, -0.1) is 10.2 Å². The Morgan fingerprint density at radius 2 is 2.33 bits per heavy atom. The number of aromatic nitrogens is 4. The highest BCUT2D eigenvalue weighted by atomic mass is 32.1. The third kappa shape index (κ3) is 2.83. The Balaban J connectivity index is 2.04. The van der Waals surface area contributed by atoms with Crippen LogP contribution >= 0.6 is 11.3 Å². The van der Waals surface area contributed by atoms with E-state index in [1.165, 1.54) is 17.5 Å². The van der Waals surface area contributed by atoms with Crippen molar-refractivity contribution in [2.24, 2.45) is 5.92 Å². The van der Waals surface area contributed by atoms with Crippen molar-refractivity contribution < 1.29 is 4.79 Å². The van der Waals surface area contributed by atoms with Gasteiger partial charge >= 0.3 is 0 Å². The number of anilines is 2. The van der Waals surface area contributed by atoms with E-state index in [-0.39, 0.29) is 11.7 Å². The minimum atomic E-state index is -0.339. The fourth-order valence-corrected chi connectivity index (χ4v) is 2.32. The maximum absolute atomic E-state index is 11.8. The number of rotatable bonds is 4. The number of H-pyrrole nitrogens is 1.